The maximum atomic E-state index is 13.7. The van der Waals surface area contributed by atoms with E-state index in [1.807, 2.05) is 6.07 Å². The highest BCUT2D eigenvalue weighted by Crippen LogP contribution is 2.33. The van der Waals surface area contributed by atoms with Gasteiger partial charge in [0.2, 0.25) is 11.9 Å². The third kappa shape index (κ3) is 6.88. The van der Waals surface area contributed by atoms with Gasteiger partial charge in [0, 0.05) is 49.3 Å². The zero-order valence-electron chi connectivity index (χ0n) is 22.9. The second-order valence-electron chi connectivity index (χ2n) is 10.2. The number of anilines is 5. The molecule has 222 valence electrons. The monoisotopic (exact) mass is 599 g/mol. The van der Waals surface area contributed by atoms with E-state index in [-0.39, 0.29) is 41.6 Å². The average Bonchev–Trinajstić information content (AvgIpc) is 3.47. The summed E-state index contributed by atoms with van der Waals surface area (Å²) in [4.78, 5) is 39.0. The van der Waals surface area contributed by atoms with Gasteiger partial charge in [0.1, 0.15) is 22.7 Å². The summed E-state index contributed by atoms with van der Waals surface area (Å²) in [5.74, 6) is -1.74. The van der Waals surface area contributed by atoms with Crippen LogP contribution in [0.3, 0.4) is 0 Å². The molecule has 0 spiro atoms. The van der Waals surface area contributed by atoms with Crippen molar-refractivity contribution in [3.63, 3.8) is 0 Å². The number of nitrogens with one attached hydrogen (secondary N) is 3. The van der Waals surface area contributed by atoms with E-state index < -0.39 is 17.7 Å². The number of hydrogen-bond donors (Lipinski definition) is 4. The zero-order chi connectivity index (χ0) is 29.6. The van der Waals surface area contributed by atoms with Crippen LogP contribution in [-0.2, 0) is 4.79 Å². The van der Waals surface area contributed by atoms with Crippen molar-refractivity contribution in [2.24, 2.45) is 0 Å². The van der Waals surface area contributed by atoms with Gasteiger partial charge in [-0.2, -0.15) is 4.98 Å². The lowest BCUT2D eigenvalue weighted by molar-refractivity contribution is -0.117. The number of hydrogen-bond acceptors (Lipinski definition) is 8. The van der Waals surface area contributed by atoms with Crippen molar-refractivity contribution < 1.29 is 23.5 Å². The largest absolute Gasteiger partial charge is 0.395 e. The highest BCUT2D eigenvalue weighted by atomic mass is 35.5. The van der Waals surface area contributed by atoms with Gasteiger partial charge < -0.3 is 30.9 Å². The minimum absolute atomic E-state index is 0.0669. The molecule has 0 unspecified atom stereocenters. The Morgan fingerprint density at radius 1 is 1.00 bits per heavy atom. The predicted octanol–water partition coefficient (Wildman–Crippen LogP) is 4.47. The fraction of sp³-hybridized carbons (Fsp3) is 0.379. The molecule has 2 saturated heterocycles. The molecule has 2 amide bonds. The van der Waals surface area contributed by atoms with Gasteiger partial charge in [-0.3, -0.25) is 9.59 Å². The molecular formula is C29H32ClF2N7O3. The topological polar surface area (TPSA) is 123 Å². The minimum atomic E-state index is -0.749. The molecule has 13 heteroatoms. The molecule has 3 aromatic rings. The number of aliphatic hydroxyl groups is 1. The number of aliphatic hydroxyl groups excluding tert-OH is 1. The smallest absolute Gasteiger partial charge is 0.253 e. The molecule has 1 aromatic heterocycles. The molecule has 2 aromatic carbocycles. The third-order valence-electron chi connectivity index (χ3n) is 7.27. The number of rotatable bonds is 9. The SMILES string of the molecule is O=C(NCCO)c1cc(NC(=O)[C@@H]2CCCN2c2nc(Nc3cc(F)cc(F)c3)ncc2Cl)ccc1N1CCCCC1. The van der Waals surface area contributed by atoms with Crippen LogP contribution in [0.25, 0.3) is 0 Å². The lowest BCUT2D eigenvalue weighted by Crippen LogP contribution is -2.40. The standard InChI is InChI=1S/C29H32ClF2N7O3/c30-23-17-34-29(36-21-14-18(31)13-19(32)15-21)37-26(23)39-11-4-5-25(39)28(42)35-20-6-7-24(38-9-2-1-3-10-38)22(16-20)27(41)33-8-12-40/h6-7,13-17,25,40H,1-5,8-12H2,(H,33,41)(H,35,42)(H,34,36,37)/t25-/m0/s1. The first-order valence-electron chi connectivity index (χ1n) is 13.9. The van der Waals surface area contributed by atoms with Crippen molar-refractivity contribution >= 4 is 52.2 Å². The van der Waals surface area contributed by atoms with Crippen molar-refractivity contribution in [3.05, 3.63) is 64.8 Å². The number of aromatic nitrogens is 2. The molecule has 5 rings (SSSR count). The summed E-state index contributed by atoms with van der Waals surface area (Å²) in [5.41, 5.74) is 1.81. The minimum Gasteiger partial charge on any atom is -0.395 e. The molecule has 3 heterocycles. The highest BCUT2D eigenvalue weighted by Gasteiger charge is 2.33. The van der Waals surface area contributed by atoms with E-state index >= 15 is 0 Å². The van der Waals surface area contributed by atoms with Crippen molar-refractivity contribution in [1.82, 2.24) is 15.3 Å². The first kappa shape index (κ1) is 29.5. The number of amides is 2. The van der Waals surface area contributed by atoms with Crippen LogP contribution in [0.5, 0.6) is 0 Å². The van der Waals surface area contributed by atoms with Crippen LogP contribution >= 0.6 is 11.6 Å². The second-order valence-corrected chi connectivity index (χ2v) is 10.7. The van der Waals surface area contributed by atoms with Gasteiger partial charge in [-0.05, 0) is 62.4 Å². The summed E-state index contributed by atoms with van der Waals surface area (Å²) in [6.45, 7) is 2.13. The molecule has 10 nitrogen and oxygen atoms in total. The molecule has 2 fully saturated rings. The molecule has 1 atom stereocenters. The van der Waals surface area contributed by atoms with Crippen LogP contribution in [0.2, 0.25) is 5.02 Å². The van der Waals surface area contributed by atoms with Crippen LogP contribution in [-0.4, -0.2) is 65.7 Å². The van der Waals surface area contributed by atoms with Crippen LogP contribution in [0.1, 0.15) is 42.5 Å². The van der Waals surface area contributed by atoms with E-state index in [0.717, 1.165) is 56.2 Å². The van der Waals surface area contributed by atoms with Gasteiger partial charge in [-0.15, -0.1) is 0 Å². The maximum absolute atomic E-state index is 13.7. The van der Waals surface area contributed by atoms with Crippen molar-refractivity contribution in [3.8, 4) is 0 Å². The predicted molar refractivity (Wildman–Crippen MR) is 158 cm³/mol. The Bertz CT molecular complexity index is 1430. The van der Waals surface area contributed by atoms with Crippen LogP contribution in [0.4, 0.5) is 37.6 Å². The number of carbonyl (C=O) groups excluding carboxylic acids is 2. The van der Waals surface area contributed by atoms with Gasteiger partial charge in [-0.1, -0.05) is 11.6 Å². The van der Waals surface area contributed by atoms with Crippen LogP contribution in [0.15, 0.2) is 42.6 Å². The van der Waals surface area contributed by atoms with Crippen LogP contribution < -0.4 is 25.8 Å². The molecule has 0 saturated carbocycles. The normalized spacial score (nSPS) is 16.8. The summed E-state index contributed by atoms with van der Waals surface area (Å²) in [7, 11) is 0. The Morgan fingerprint density at radius 2 is 1.76 bits per heavy atom. The lowest BCUT2D eigenvalue weighted by atomic mass is 10.1. The highest BCUT2D eigenvalue weighted by molar-refractivity contribution is 6.33. The van der Waals surface area contributed by atoms with Crippen molar-refractivity contribution in [2.75, 3.05) is 53.2 Å². The van der Waals surface area contributed by atoms with Gasteiger partial charge >= 0.3 is 0 Å². The first-order chi connectivity index (χ1) is 20.3. The van der Waals surface area contributed by atoms with Crippen molar-refractivity contribution in [2.45, 2.75) is 38.1 Å². The van der Waals surface area contributed by atoms with Gasteiger partial charge in [-0.25, -0.2) is 13.8 Å². The first-order valence-corrected chi connectivity index (χ1v) is 14.3. The summed E-state index contributed by atoms with van der Waals surface area (Å²) in [6, 6.07) is 7.66. The Labute approximate surface area is 247 Å². The lowest BCUT2D eigenvalue weighted by Gasteiger charge is -2.31. The van der Waals surface area contributed by atoms with E-state index in [4.69, 9.17) is 11.6 Å². The van der Waals surface area contributed by atoms with E-state index in [9.17, 15) is 23.5 Å². The number of benzene rings is 2. The molecule has 0 radical (unpaired) electrons. The molecule has 2 aliphatic rings. The Kier molecular flexibility index (Phi) is 9.33. The summed E-state index contributed by atoms with van der Waals surface area (Å²) < 4.78 is 27.3. The summed E-state index contributed by atoms with van der Waals surface area (Å²) in [6.07, 6.45) is 5.83. The van der Waals surface area contributed by atoms with E-state index in [0.29, 0.717) is 36.5 Å². The molecule has 0 aliphatic carbocycles. The number of carbonyl (C=O) groups is 2. The van der Waals surface area contributed by atoms with E-state index in [2.05, 4.69) is 30.8 Å². The Morgan fingerprint density at radius 3 is 2.50 bits per heavy atom. The molecule has 0 bridgehead atoms. The Hall–Kier alpha value is -4.03. The number of nitrogens with zero attached hydrogens (tertiary/aromatic N) is 4. The molecule has 2 aliphatic heterocycles. The third-order valence-corrected chi connectivity index (χ3v) is 7.54. The van der Waals surface area contributed by atoms with E-state index in [1.54, 1.807) is 17.0 Å². The molecule has 42 heavy (non-hydrogen) atoms. The number of piperidine rings is 1. The van der Waals surface area contributed by atoms with Gasteiger partial charge in [0.15, 0.2) is 5.82 Å². The van der Waals surface area contributed by atoms with Crippen LogP contribution in [0, 0.1) is 11.6 Å². The molecule has 4 N–H and O–H groups in total. The number of halogens is 3. The fourth-order valence-electron chi connectivity index (χ4n) is 5.36. The maximum Gasteiger partial charge on any atom is 0.253 e. The van der Waals surface area contributed by atoms with Gasteiger partial charge in [0.25, 0.3) is 5.91 Å². The average molecular weight is 600 g/mol. The molecular weight excluding hydrogens is 568 g/mol. The Balaban J connectivity index is 1.35. The fourth-order valence-corrected chi connectivity index (χ4v) is 5.56. The zero-order valence-corrected chi connectivity index (χ0v) is 23.6. The summed E-state index contributed by atoms with van der Waals surface area (Å²) in [5, 5.41) is 17.8. The van der Waals surface area contributed by atoms with Gasteiger partial charge in [0.05, 0.1) is 18.4 Å². The quantitative estimate of drug-likeness (QED) is 0.284. The summed E-state index contributed by atoms with van der Waals surface area (Å²) >= 11 is 6.44. The van der Waals surface area contributed by atoms with Crippen molar-refractivity contribution in [1.29, 1.82) is 0 Å². The van der Waals surface area contributed by atoms with E-state index in [1.165, 1.54) is 6.20 Å². The second kappa shape index (κ2) is 13.3.